The van der Waals surface area contributed by atoms with Crippen LogP contribution in [0.5, 0.6) is 0 Å². The van der Waals surface area contributed by atoms with Crippen molar-refractivity contribution in [1.29, 1.82) is 0 Å². The van der Waals surface area contributed by atoms with Gasteiger partial charge in [0.2, 0.25) is 0 Å². The lowest BCUT2D eigenvalue weighted by Gasteiger charge is -2.11. The summed E-state index contributed by atoms with van der Waals surface area (Å²) < 4.78 is 0. The highest BCUT2D eigenvalue weighted by molar-refractivity contribution is 5.32. The van der Waals surface area contributed by atoms with Crippen LogP contribution in [0.1, 0.15) is 13.3 Å². The van der Waals surface area contributed by atoms with Crippen molar-refractivity contribution in [2.45, 2.75) is 13.3 Å². The molecule has 0 aromatic carbocycles. The molecule has 0 aromatic heterocycles. The highest BCUT2D eigenvalue weighted by Crippen LogP contribution is 2.18. The minimum atomic E-state index is 0.572. The first-order valence-corrected chi connectivity index (χ1v) is 4.43. The van der Waals surface area contributed by atoms with E-state index in [1.807, 2.05) is 12.2 Å². The van der Waals surface area contributed by atoms with Gasteiger partial charge in [0.1, 0.15) is 0 Å². The van der Waals surface area contributed by atoms with Crippen molar-refractivity contribution in [3.63, 3.8) is 0 Å². The van der Waals surface area contributed by atoms with Gasteiger partial charge in [0.25, 0.3) is 0 Å². The van der Waals surface area contributed by atoms with E-state index in [-0.39, 0.29) is 0 Å². The Morgan fingerprint density at radius 1 is 1.25 bits per heavy atom. The topological polar surface area (TPSA) is 26.0 Å². The molecule has 0 saturated carbocycles. The van der Waals surface area contributed by atoms with Crippen LogP contribution in [0.15, 0.2) is 36.0 Å². The van der Waals surface area contributed by atoms with E-state index < -0.39 is 0 Å². The second kappa shape index (κ2) is 4.94. The maximum absolute atomic E-state index is 5.50. The fourth-order valence-corrected chi connectivity index (χ4v) is 1.26. The van der Waals surface area contributed by atoms with Crippen molar-refractivity contribution in [1.82, 2.24) is 0 Å². The van der Waals surface area contributed by atoms with E-state index in [4.69, 9.17) is 5.73 Å². The van der Waals surface area contributed by atoms with Gasteiger partial charge in [-0.25, -0.2) is 0 Å². The van der Waals surface area contributed by atoms with Crippen LogP contribution in [0.25, 0.3) is 0 Å². The fourth-order valence-electron chi connectivity index (χ4n) is 1.26. The molecule has 0 saturated heterocycles. The third-order valence-corrected chi connectivity index (χ3v) is 2.08. The molecule has 1 aliphatic carbocycles. The van der Waals surface area contributed by atoms with Crippen LogP contribution in [0.3, 0.4) is 0 Å². The van der Waals surface area contributed by atoms with E-state index in [2.05, 4.69) is 31.6 Å². The number of hydrogen-bond donors (Lipinski definition) is 1. The van der Waals surface area contributed by atoms with E-state index in [0.717, 1.165) is 13.0 Å². The van der Waals surface area contributed by atoms with Crippen molar-refractivity contribution in [2.24, 2.45) is 11.7 Å². The molecule has 0 aliphatic heterocycles. The van der Waals surface area contributed by atoms with Gasteiger partial charge in [-0.05, 0) is 18.9 Å². The van der Waals surface area contributed by atoms with Gasteiger partial charge < -0.3 is 5.73 Å². The van der Waals surface area contributed by atoms with E-state index in [0.29, 0.717) is 5.92 Å². The Balaban J connectivity index is 2.55. The molecule has 1 unspecified atom stereocenters. The molecule has 12 heavy (non-hydrogen) atoms. The molecular formula is C11H16N. The third-order valence-electron chi connectivity index (χ3n) is 2.08. The highest BCUT2D eigenvalue weighted by Gasteiger charge is 2.06. The normalized spacial score (nSPS) is 18.7. The van der Waals surface area contributed by atoms with Crippen LogP contribution in [-0.2, 0) is 0 Å². The van der Waals surface area contributed by atoms with Gasteiger partial charge in [-0.2, -0.15) is 0 Å². The van der Waals surface area contributed by atoms with Crippen LogP contribution in [-0.4, -0.2) is 6.54 Å². The Morgan fingerprint density at radius 2 is 2.00 bits per heavy atom. The summed E-state index contributed by atoms with van der Waals surface area (Å²) in [5.41, 5.74) is 6.86. The zero-order valence-corrected chi connectivity index (χ0v) is 7.53. The number of hydrogen-bond acceptors (Lipinski definition) is 1. The van der Waals surface area contributed by atoms with E-state index in [9.17, 15) is 0 Å². The maximum atomic E-state index is 5.50. The quantitative estimate of drug-likeness (QED) is 0.676. The zero-order valence-electron chi connectivity index (χ0n) is 7.53. The Labute approximate surface area is 74.7 Å². The SMILES string of the molecule is CC(CCN)C1=CC=CC=C[CH]1. The monoisotopic (exact) mass is 162 g/mol. The maximum Gasteiger partial charge on any atom is 0.00862 e. The van der Waals surface area contributed by atoms with Gasteiger partial charge in [0.15, 0.2) is 0 Å². The lowest BCUT2D eigenvalue weighted by molar-refractivity contribution is 0.630. The highest BCUT2D eigenvalue weighted by atomic mass is 14.5. The third kappa shape index (κ3) is 2.67. The standard InChI is InChI=1S/C11H16N/c1-10(8-9-12)11-6-4-2-3-5-7-11/h2-7,10H,8-9,12H2,1H3. The number of allylic oxidation sites excluding steroid dienone is 6. The predicted molar refractivity (Wildman–Crippen MR) is 53.5 cm³/mol. The molecular weight excluding hydrogens is 146 g/mol. The molecule has 1 radical (unpaired) electrons. The molecule has 1 rings (SSSR count). The zero-order chi connectivity index (χ0) is 8.81. The average molecular weight is 162 g/mol. The second-order valence-electron chi connectivity index (χ2n) is 3.08. The van der Waals surface area contributed by atoms with Gasteiger partial charge >= 0.3 is 0 Å². The van der Waals surface area contributed by atoms with E-state index in [1.54, 1.807) is 0 Å². The summed E-state index contributed by atoms with van der Waals surface area (Å²) in [4.78, 5) is 0. The largest absolute Gasteiger partial charge is 0.330 e. The molecule has 0 heterocycles. The summed E-state index contributed by atoms with van der Waals surface area (Å²) >= 11 is 0. The summed E-state index contributed by atoms with van der Waals surface area (Å²) in [6, 6.07) is 0. The predicted octanol–water partition coefficient (Wildman–Crippen LogP) is 2.23. The van der Waals surface area contributed by atoms with E-state index >= 15 is 0 Å². The van der Waals surface area contributed by atoms with Crippen LogP contribution in [0.2, 0.25) is 0 Å². The summed E-state index contributed by atoms with van der Waals surface area (Å²) in [6.07, 6.45) is 13.6. The molecule has 0 amide bonds. The lowest BCUT2D eigenvalue weighted by Crippen LogP contribution is -2.07. The Kier molecular flexibility index (Phi) is 3.81. The Bertz CT molecular complexity index is 211. The molecule has 1 heteroatoms. The molecule has 0 bridgehead atoms. The van der Waals surface area contributed by atoms with Gasteiger partial charge in [-0.1, -0.05) is 42.9 Å². The molecule has 65 valence electrons. The summed E-state index contributed by atoms with van der Waals surface area (Å²) in [5, 5.41) is 0. The van der Waals surface area contributed by atoms with Gasteiger partial charge in [-0.3, -0.25) is 0 Å². The molecule has 0 spiro atoms. The summed E-state index contributed by atoms with van der Waals surface area (Å²) in [6.45, 7) is 2.97. The van der Waals surface area contributed by atoms with Crippen molar-refractivity contribution < 1.29 is 0 Å². The first-order valence-electron chi connectivity index (χ1n) is 4.43. The van der Waals surface area contributed by atoms with E-state index in [1.165, 1.54) is 5.57 Å². The molecule has 1 atom stereocenters. The van der Waals surface area contributed by atoms with Gasteiger partial charge in [-0.15, -0.1) is 0 Å². The number of nitrogens with two attached hydrogens (primary N) is 1. The van der Waals surface area contributed by atoms with Crippen LogP contribution >= 0.6 is 0 Å². The van der Waals surface area contributed by atoms with Crippen LogP contribution in [0.4, 0.5) is 0 Å². The van der Waals surface area contributed by atoms with Crippen molar-refractivity contribution in [3.8, 4) is 0 Å². The second-order valence-corrected chi connectivity index (χ2v) is 3.08. The first-order chi connectivity index (χ1) is 5.84. The molecule has 0 fully saturated rings. The first kappa shape index (κ1) is 9.27. The minimum absolute atomic E-state index is 0.572. The minimum Gasteiger partial charge on any atom is -0.330 e. The molecule has 2 N–H and O–H groups in total. The molecule has 0 aromatic rings. The van der Waals surface area contributed by atoms with Crippen LogP contribution in [0, 0.1) is 12.3 Å². The summed E-state index contributed by atoms with van der Waals surface area (Å²) in [5.74, 6) is 0.572. The van der Waals surface area contributed by atoms with Crippen LogP contribution < -0.4 is 5.73 Å². The molecule has 1 aliphatic rings. The lowest BCUT2D eigenvalue weighted by atomic mass is 9.95. The summed E-state index contributed by atoms with van der Waals surface area (Å²) in [7, 11) is 0. The number of rotatable bonds is 3. The average Bonchev–Trinajstić information content (AvgIpc) is 2.32. The van der Waals surface area contributed by atoms with Crippen molar-refractivity contribution in [3.05, 3.63) is 42.4 Å². The molecule has 1 nitrogen and oxygen atoms in total. The van der Waals surface area contributed by atoms with Gasteiger partial charge in [0.05, 0.1) is 0 Å². The Hall–Kier alpha value is -0.820. The van der Waals surface area contributed by atoms with Gasteiger partial charge in [0, 0.05) is 6.42 Å². The smallest absolute Gasteiger partial charge is 0.00862 e. The Morgan fingerprint density at radius 3 is 2.75 bits per heavy atom. The fraction of sp³-hybridized carbons (Fsp3) is 0.364. The van der Waals surface area contributed by atoms with Crippen molar-refractivity contribution in [2.75, 3.05) is 6.54 Å². The van der Waals surface area contributed by atoms with Crippen molar-refractivity contribution >= 4 is 0 Å².